The summed E-state index contributed by atoms with van der Waals surface area (Å²) in [6, 6.07) is 10.3. The van der Waals surface area contributed by atoms with Gasteiger partial charge in [-0.05, 0) is 49.1 Å². The van der Waals surface area contributed by atoms with E-state index in [0.717, 1.165) is 25.0 Å². The molecule has 1 fully saturated rings. The second-order valence-electron chi connectivity index (χ2n) is 6.91. The van der Waals surface area contributed by atoms with Crippen LogP contribution in [0.2, 0.25) is 5.02 Å². The zero-order valence-corrected chi connectivity index (χ0v) is 16.3. The summed E-state index contributed by atoms with van der Waals surface area (Å²) in [6.07, 6.45) is -2.64. The largest absolute Gasteiger partial charge is 0.416 e. The lowest BCUT2D eigenvalue weighted by Gasteiger charge is -2.30. The number of nitrogens with one attached hydrogen (secondary N) is 1. The van der Waals surface area contributed by atoms with E-state index in [2.05, 4.69) is 5.32 Å². The van der Waals surface area contributed by atoms with Crippen LogP contribution in [0.1, 0.15) is 40.7 Å². The van der Waals surface area contributed by atoms with Crippen LogP contribution in [0.4, 0.5) is 13.2 Å². The van der Waals surface area contributed by atoms with Gasteiger partial charge in [-0.15, -0.1) is 0 Å². The Morgan fingerprint density at radius 3 is 2.62 bits per heavy atom. The number of halogens is 4. The Balaban J connectivity index is 1.99. The van der Waals surface area contributed by atoms with Gasteiger partial charge in [-0.3, -0.25) is 9.59 Å². The van der Waals surface area contributed by atoms with Crippen molar-refractivity contribution in [2.45, 2.75) is 38.0 Å². The first-order valence-electron chi connectivity index (χ1n) is 9.26. The number of hydrogen-bond acceptors (Lipinski definition) is 2. The molecule has 154 valence electrons. The minimum atomic E-state index is -4.57. The van der Waals surface area contributed by atoms with Gasteiger partial charge >= 0.3 is 6.18 Å². The van der Waals surface area contributed by atoms with Gasteiger partial charge in [0.1, 0.15) is 6.04 Å². The molecule has 3 rings (SSSR count). The fourth-order valence-electron chi connectivity index (χ4n) is 3.35. The van der Waals surface area contributed by atoms with E-state index in [1.807, 2.05) is 0 Å². The molecule has 8 heteroatoms. The molecule has 1 aliphatic heterocycles. The minimum Gasteiger partial charge on any atom is -0.354 e. The standard InChI is InChI=1S/C21H20ClF3N2O2/c22-17-9-2-1-6-15(17)13-27(18-10-3-4-11-26-19(18)28)20(29)14-7-5-8-16(12-14)21(23,24)25/h1-2,5-9,12,18H,3-4,10-11,13H2,(H,26,28). The maximum Gasteiger partial charge on any atom is 0.416 e. The molecule has 2 aromatic carbocycles. The third-order valence-corrected chi connectivity index (χ3v) is 5.25. The van der Waals surface area contributed by atoms with Crippen LogP contribution < -0.4 is 5.32 Å². The third-order valence-electron chi connectivity index (χ3n) is 4.88. The van der Waals surface area contributed by atoms with Crippen molar-refractivity contribution in [2.24, 2.45) is 0 Å². The first-order valence-corrected chi connectivity index (χ1v) is 9.64. The van der Waals surface area contributed by atoms with Gasteiger partial charge in [0.15, 0.2) is 0 Å². The number of alkyl halides is 3. The van der Waals surface area contributed by atoms with E-state index in [0.29, 0.717) is 23.6 Å². The minimum absolute atomic E-state index is 0.0207. The van der Waals surface area contributed by atoms with E-state index in [4.69, 9.17) is 11.6 Å². The number of benzene rings is 2. The van der Waals surface area contributed by atoms with Crippen molar-refractivity contribution >= 4 is 23.4 Å². The molecular weight excluding hydrogens is 405 g/mol. The van der Waals surface area contributed by atoms with Crippen LogP contribution in [-0.2, 0) is 17.5 Å². The van der Waals surface area contributed by atoms with E-state index in [1.165, 1.54) is 17.0 Å². The highest BCUT2D eigenvalue weighted by atomic mass is 35.5. The van der Waals surface area contributed by atoms with Crippen LogP contribution >= 0.6 is 11.6 Å². The van der Waals surface area contributed by atoms with Crippen molar-refractivity contribution in [3.63, 3.8) is 0 Å². The van der Waals surface area contributed by atoms with Crippen molar-refractivity contribution in [2.75, 3.05) is 6.54 Å². The van der Waals surface area contributed by atoms with Crippen molar-refractivity contribution in [3.8, 4) is 0 Å². The van der Waals surface area contributed by atoms with Crippen molar-refractivity contribution < 1.29 is 22.8 Å². The third kappa shape index (κ3) is 5.09. The number of rotatable bonds is 4. The highest BCUT2D eigenvalue weighted by Gasteiger charge is 2.34. The Labute approximate surface area is 171 Å². The van der Waals surface area contributed by atoms with Gasteiger partial charge in [0.2, 0.25) is 5.91 Å². The van der Waals surface area contributed by atoms with E-state index in [-0.39, 0.29) is 18.0 Å². The number of hydrogen-bond donors (Lipinski definition) is 1. The molecular formula is C21H20ClF3N2O2. The van der Waals surface area contributed by atoms with E-state index < -0.39 is 23.7 Å². The van der Waals surface area contributed by atoms with E-state index >= 15 is 0 Å². The lowest BCUT2D eigenvalue weighted by atomic mass is 10.0. The second kappa shape index (κ2) is 8.86. The van der Waals surface area contributed by atoms with Gasteiger partial charge in [0.05, 0.1) is 5.56 Å². The van der Waals surface area contributed by atoms with Gasteiger partial charge < -0.3 is 10.2 Å². The molecule has 1 unspecified atom stereocenters. The van der Waals surface area contributed by atoms with Crippen LogP contribution in [0.25, 0.3) is 0 Å². The molecule has 4 nitrogen and oxygen atoms in total. The van der Waals surface area contributed by atoms with Crippen molar-refractivity contribution in [3.05, 3.63) is 70.2 Å². The Kier molecular flexibility index (Phi) is 6.47. The number of nitrogens with zero attached hydrogens (tertiary/aromatic N) is 1. The Morgan fingerprint density at radius 1 is 1.14 bits per heavy atom. The molecule has 2 amide bonds. The first kappa shape index (κ1) is 21.2. The molecule has 0 radical (unpaired) electrons. The van der Waals surface area contributed by atoms with E-state index in [9.17, 15) is 22.8 Å². The zero-order valence-electron chi connectivity index (χ0n) is 15.5. The summed E-state index contributed by atoms with van der Waals surface area (Å²) in [6.45, 7) is 0.528. The summed E-state index contributed by atoms with van der Waals surface area (Å²) in [5.74, 6) is -0.951. The molecule has 29 heavy (non-hydrogen) atoms. The van der Waals surface area contributed by atoms with Crippen molar-refractivity contribution in [1.82, 2.24) is 10.2 Å². The molecule has 2 aromatic rings. The molecule has 1 N–H and O–H groups in total. The zero-order chi connectivity index (χ0) is 21.0. The SMILES string of the molecule is O=C1NCCCCC1N(Cc1ccccc1Cl)C(=O)c1cccc(C(F)(F)F)c1. The van der Waals surface area contributed by atoms with Gasteiger partial charge in [-0.2, -0.15) is 13.2 Å². The van der Waals surface area contributed by atoms with Crippen LogP contribution in [0.3, 0.4) is 0 Å². The molecule has 1 atom stereocenters. The Bertz CT molecular complexity index is 901. The predicted octanol–water partition coefficient (Wildman–Crippen LogP) is 4.67. The normalized spacial score (nSPS) is 17.4. The number of amides is 2. The van der Waals surface area contributed by atoms with Gasteiger partial charge in [-0.1, -0.05) is 35.9 Å². The summed E-state index contributed by atoms with van der Waals surface area (Å²) in [7, 11) is 0. The van der Waals surface area contributed by atoms with Crippen LogP contribution in [-0.4, -0.2) is 29.3 Å². The van der Waals surface area contributed by atoms with E-state index in [1.54, 1.807) is 24.3 Å². The summed E-state index contributed by atoms with van der Waals surface area (Å²) < 4.78 is 39.3. The number of carbonyl (C=O) groups excluding carboxylic acids is 2. The first-order chi connectivity index (χ1) is 13.8. The smallest absolute Gasteiger partial charge is 0.354 e. The number of carbonyl (C=O) groups is 2. The maximum absolute atomic E-state index is 13.2. The average Bonchev–Trinajstić information content (AvgIpc) is 2.91. The molecule has 1 heterocycles. The summed E-state index contributed by atoms with van der Waals surface area (Å²) in [4.78, 5) is 27.1. The lowest BCUT2D eigenvalue weighted by molar-refractivity contribution is -0.137. The maximum atomic E-state index is 13.2. The topological polar surface area (TPSA) is 49.4 Å². The highest BCUT2D eigenvalue weighted by Crippen LogP contribution is 2.30. The summed E-state index contributed by atoms with van der Waals surface area (Å²) in [5.41, 5.74) is -0.415. The molecule has 0 spiro atoms. The quantitative estimate of drug-likeness (QED) is 0.775. The fourth-order valence-corrected chi connectivity index (χ4v) is 3.54. The Hall–Kier alpha value is -2.54. The van der Waals surface area contributed by atoms with Crippen LogP contribution in [0.5, 0.6) is 0 Å². The second-order valence-corrected chi connectivity index (χ2v) is 7.31. The van der Waals surface area contributed by atoms with Gasteiger partial charge in [0, 0.05) is 23.7 Å². The molecule has 0 aliphatic carbocycles. The predicted molar refractivity (Wildman–Crippen MR) is 103 cm³/mol. The molecule has 0 bridgehead atoms. The highest BCUT2D eigenvalue weighted by molar-refractivity contribution is 6.31. The summed E-state index contributed by atoms with van der Waals surface area (Å²) >= 11 is 6.22. The van der Waals surface area contributed by atoms with Gasteiger partial charge in [0.25, 0.3) is 5.91 Å². The average molecular weight is 425 g/mol. The molecule has 1 aliphatic rings. The van der Waals surface area contributed by atoms with Crippen LogP contribution in [0, 0.1) is 0 Å². The molecule has 1 saturated heterocycles. The Morgan fingerprint density at radius 2 is 1.90 bits per heavy atom. The van der Waals surface area contributed by atoms with Crippen LogP contribution in [0.15, 0.2) is 48.5 Å². The molecule has 0 saturated carbocycles. The fraction of sp³-hybridized carbons (Fsp3) is 0.333. The molecule has 0 aromatic heterocycles. The monoisotopic (exact) mass is 424 g/mol. The van der Waals surface area contributed by atoms with Gasteiger partial charge in [-0.25, -0.2) is 0 Å². The lowest BCUT2D eigenvalue weighted by Crippen LogP contribution is -2.48. The van der Waals surface area contributed by atoms with Crippen molar-refractivity contribution in [1.29, 1.82) is 0 Å². The summed E-state index contributed by atoms with van der Waals surface area (Å²) in [5, 5.41) is 3.19.